The molecule has 23 heavy (non-hydrogen) atoms. The Labute approximate surface area is 138 Å². The minimum absolute atomic E-state index is 0.212. The van der Waals surface area contributed by atoms with Gasteiger partial charge in [-0.25, -0.2) is 0 Å². The summed E-state index contributed by atoms with van der Waals surface area (Å²) in [5.41, 5.74) is 8.33. The molecular weight excluding hydrogens is 286 g/mol. The van der Waals surface area contributed by atoms with Crippen molar-refractivity contribution >= 4 is 5.91 Å². The van der Waals surface area contributed by atoms with Gasteiger partial charge in [0.25, 0.3) is 5.91 Å². The zero-order valence-corrected chi connectivity index (χ0v) is 14.1. The van der Waals surface area contributed by atoms with E-state index in [1.165, 1.54) is 12.0 Å². The first-order valence-corrected chi connectivity index (χ1v) is 7.90. The van der Waals surface area contributed by atoms with E-state index < -0.39 is 0 Å². The lowest BCUT2D eigenvalue weighted by atomic mass is 9.68. The number of pyridine rings is 1. The van der Waals surface area contributed by atoms with Gasteiger partial charge in [-0.3, -0.25) is 20.6 Å². The molecule has 0 fully saturated rings. The van der Waals surface area contributed by atoms with Gasteiger partial charge >= 0.3 is 0 Å². The quantitative estimate of drug-likeness (QED) is 0.494. The van der Waals surface area contributed by atoms with Crippen molar-refractivity contribution in [2.24, 2.45) is 11.3 Å². The normalized spacial score (nSPS) is 20.0. The van der Waals surface area contributed by atoms with Gasteiger partial charge in [0.05, 0.1) is 0 Å². The van der Waals surface area contributed by atoms with Crippen molar-refractivity contribution in [2.45, 2.75) is 33.6 Å². The van der Waals surface area contributed by atoms with Gasteiger partial charge in [-0.15, -0.1) is 0 Å². The summed E-state index contributed by atoms with van der Waals surface area (Å²) in [4.78, 5) is 15.8. The highest BCUT2D eigenvalue weighted by Crippen LogP contribution is 2.41. The molecule has 1 aliphatic carbocycles. The molecule has 1 atom stereocenters. The molecule has 2 N–H and O–H groups in total. The van der Waals surface area contributed by atoms with Crippen molar-refractivity contribution < 1.29 is 4.79 Å². The van der Waals surface area contributed by atoms with E-state index in [-0.39, 0.29) is 11.3 Å². The number of hydrazine groups is 1. The summed E-state index contributed by atoms with van der Waals surface area (Å²) in [5.74, 6) is 0.182. The van der Waals surface area contributed by atoms with Gasteiger partial charge in [-0.2, -0.15) is 0 Å². The average molecular weight is 311 g/mol. The van der Waals surface area contributed by atoms with Crippen LogP contribution < -0.4 is 10.9 Å². The van der Waals surface area contributed by atoms with Crippen LogP contribution in [0.3, 0.4) is 0 Å². The van der Waals surface area contributed by atoms with E-state index in [1.54, 1.807) is 24.5 Å². The number of carbonyl (C=O) groups excluding carboxylic acids is 1. The van der Waals surface area contributed by atoms with Gasteiger partial charge in [0.15, 0.2) is 0 Å². The lowest BCUT2D eigenvalue weighted by Crippen LogP contribution is -2.36. The fourth-order valence-corrected chi connectivity index (χ4v) is 2.95. The Kier molecular flexibility index (Phi) is 5.37. The summed E-state index contributed by atoms with van der Waals surface area (Å²) >= 11 is 0. The van der Waals surface area contributed by atoms with E-state index in [2.05, 4.69) is 55.3 Å². The molecule has 122 valence electrons. The summed E-state index contributed by atoms with van der Waals surface area (Å²) in [5, 5.41) is 0. The molecular formula is C19H25N3O. The Morgan fingerprint density at radius 3 is 2.70 bits per heavy atom. The highest BCUT2D eigenvalue weighted by atomic mass is 16.2. The van der Waals surface area contributed by atoms with E-state index >= 15 is 0 Å². The van der Waals surface area contributed by atoms with Crippen LogP contribution in [-0.4, -0.2) is 10.9 Å². The van der Waals surface area contributed by atoms with Gasteiger partial charge in [0.1, 0.15) is 0 Å². The van der Waals surface area contributed by atoms with Crippen molar-refractivity contribution in [2.75, 3.05) is 0 Å². The Balaban J connectivity index is 1.90. The lowest BCUT2D eigenvalue weighted by Gasteiger charge is -2.36. The van der Waals surface area contributed by atoms with Gasteiger partial charge in [0, 0.05) is 29.6 Å². The van der Waals surface area contributed by atoms with Crippen molar-refractivity contribution in [3.63, 3.8) is 0 Å². The molecule has 0 spiro atoms. The number of carbonyl (C=O) groups is 1. The summed E-state index contributed by atoms with van der Waals surface area (Å²) in [6.45, 7) is 10.7. The molecule has 1 aromatic rings. The molecule has 0 unspecified atom stereocenters. The van der Waals surface area contributed by atoms with Crippen molar-refractivity contribution in [1.29, 1.82) is 0 Å². The molecule has 1 aliphatic rings. The number of aromatic nitrogens is 1. The minimum atomic E-state index is -0.212. The molecule has 0 saturated carbocycles. The molecule has 0 aromatic carbocycles. The molecule has 1 heterocycles. The van der Waals surface area contributed by atoms with E-state index in [0.29, 0.717) is 17.2 Å². The summed E-state index contributed by atoms with van der Waals surface area (Å²) in [6, 6.07) is 3.32. The molecule has 1 amide bonds. The highest BCUT2D eigenvalue weighted by molar-refractivity contribution is 5.93. The third-order valence-electron chi connectivity index (χ3n) is 4.36. The molecule has 4 nitrogen and oxygen atoms in total. The van der Waals surface area contributed by atoms with Gasteiger partial charge in [0.2, 0.25) is 0 Å². The second-order valence-electron chi connectivity index (χ2n) is 6.65. The molecule has 0 bridgehead atoms. The van der Waals surface area contributed by atoms with E-state index in [4.69, 9.17) is 0 Å². The Hall–Kier alpha value is -2.36. The zero-order chi connectivity index (χ0) is 16.9. The fourth-order valence-electron chi connectivity index (χ4n) is 2.95. The van der Waals surface area contributed by atoms with E-state index in [0.717, 1.165) is 6.42 Å². The minimum Gasteiger partial charge on any atom is -0.299 e. The van der Waals surface area contributed by atoms with Crippen LogP contribution in [-0.2, 0) is 0 Å². The molecule has 0 aliphatic heterocycles. The van der Waals surface area contributed by atoms with Gasteiger partial charge in [-0.05, 0) is 43.4 Å². The van der Waals surface area contributed by atoms with Crippen LogP contribution in [0.25, 0.3) is 0 Å². The van der Waals surface area contributed by atoms with Crippen molar-refractivity contribution in [1.82, 2.24) is 15.8 Å². The van der Waals surface area contributed by atoms with Crippen LogP contribution in [0.2, 0.25) is 0 Å². The number of nitrogens with one attached hydrogen (secondary N) is 2. The number of nitrogens with zero attached hydrogens (tertiary/aromatic N) is 1. The summed E-state index contributed by atoms with van der Waals surface area (Å²) < 4.78 is 0. The second-order valence-corrected chi connectivity index (χ2v) is 6.65. The average Bonchev–Trinajstić information content (AvgIpc) is 2.52. The summed E-state index contributed by atoms with van der Waals surface area (Å²) in [6.07, 6.45) is 11.9. The SMILES string of the molecule is C=C(/C=C/[C@H]1C(C)=CCCC1(C)C)NNC(=O)c1ccncc1. The maximum Gasteiger partial charge on any atom is 0.269 e. The number of allylic oxidation sites excluding steroid dienone is 4. The van der Waals surface area contributed by atoms with Crippen LogP contribution in [0.4, 0.5) is 0 Å². The smallest absolute Gasteiger partial charge is 0.269 e. The second kappa shape index (κ2) is 7.27. The van der Waals surface area contributed by atoms with Crippen LogP contribution in [0.1, 0.15) is 44.0 Å². The molecule has 1 aromatic heterocycles. The van der Waals surface area contributed by atoms with Gasteiger partial charge in [-0.1, -0.05) is 38.2 Å². The van der Waals surface area contributed by atoms with Gasteiger partial charge < -0.3 is 0 Å². The topological polar surface area (TPSA) is 54.0 Å². The molecule has 2 rings (SSSR count). The largest absolute Gasteiger partial charge is 0.299 e. The Bertz CT molecular complexity index is 629. The van der Waals surface area contributed by atoms with E-state index in [1.807, 2.05) is 6.08 Å². The Morgan fingerprint density at radius 1 is 1.35 bits per heavy atom. The maximum atomic E-state index is 11.9. The Morgan fingerprint density at radius 2 is 2.04 bits per heavy atom. The van der Waals surface area contributed by atoms with E-state index in [9.17, 15) is 4.79 Å². The number of amides is 1. The lowest BCUT2D eigenvalue weighted by molar-refractivity contribution is 0.0939. The fraction of sp³-hybridized carbons (Fsp3) is 0.368. The van der Waals surface area contributed by atoms with Crippen molar-refractivity contribution in [3.05, 3.63) is 66.2 Å². The first kappa shape index (κ1) is 17.0. The molecule has 0 saturated heterocycles. The summed E-state index contributed by atoms with van der Waals surface area (Å²) in [7, 11) is 0. The third kappa shape index (κ3) is 4.55. The predicted molar refractivity (Wildman–Crippen MR) is 93.4 cm³/mol. The monoisotopic (exact) mass is 311 g/mol. The number of rotatable bonds is 5. The van der Waals surface area contributed by atoms with Crippen LogP contribution in [0, 0.1) is 11.3 Å². The standard InChI is InChI=1S/C19H25N3O/c1-14-6-5-11-19(3,4)17(14)8-7-15(2)21-22-18(23)16-9-12-20-13-10-16/h6-10,12-13,17,21H,2,5,11H2,1,3-4H3,(H,22,23)/b8-7+/t17-/m0/s1. The van der Waals surface area contributed by atoms with Crippen LogP contribution in [0.15, 0.2) is 60.6 Å². The van der Waals surface area contributed by atoms with Crippen LogP contribution >= 0.6 is 0 Å². The number of hydrogen-bond donors (Lipinski definition) is 2. The number of hydrogen-bond acceptors (Lipinski definition) is 3. The first-order chi connectivity index (χ1) is 10.9. The zero-order valence-electron chi connectivity index (χ0n) is 14.1. The highest BCUT2D eigenvalue weighted by Gasteiger charge is 2.30. The molecule has 0 radical (unpaired) electrons. The van der Waals surface area contributed by atoms with Crippen LogP contribution in [0.5, 0.6) is 0 Å². The maximum absolute atomic E-state index is 11.9. The molecule has 4 heteroatoms. The first-order valence-electron chi connectivity index (χ1n) is 7.90. The third-order valence-corrected chi connectivity index (χ3v) is 4.36. The van der Waals surface area contributed by atoms with Crippen molar-refractivity contribution in [3.8, 4) is 0 Å². The predicted octanol–water partition coefficient (Wildman–Crippen LogP) is 3.77.